The zero-order valence-electron chi connectivity index (χ0n) is 23.5. The van der Waals surface area contributed by atoms with Crippen LogP contribution in [0, 0.1) is 15.5 Å². The van der Waals surface area contributed by atoms with E-state index in [0.29, 0.717) is 30.0 Å². The number of fused-ring (bicyclic) bond motifs is 4. The number of hydrogen-bond acceptors (Lipinski definition) is 6. The number of nitro benzene ring substituents is 1. The summed E-state index contributed by atoms with van der Waals surface area (Å²) in [6.07, 6.45) is -3.81. The highest BCUT2D eigenvalue weighted by molar-refractivity contribution is 6.12. The van der Waals surface area contributed by atoms with Crippen LogP contribution in [-0.2, 0) is 11.0 Å². The molecule has 0 bridgehead atoms. The number of methoxy groups -OCH3 is 1. The van der Waals surface area contributed by atoms with E-state index in [9.17, 15) is 28.1 Å². The molecule has 43 heavy (non-hydrogen) atoms. The normalized spacial score (nSPS) is 17.6. The van der Waals surface area contributed by atoms with Crippen LogP contribution in [0.5, 0.6) is 17.2 Å². The molecule has 0 fully saturated rings. The Bertz CT molecular complexity index is 1840. The lowest BCUT2D eigenvalue weighted by Crippen LogP contribution is -2.33. The summed E-state index contributed by atoms with van der Waals surface area (Å²) >= 11 is 0. The Morgan fingerprint density at radius 2 is 1.70 bits per heavy atom. The molecule has 7 nitrogen and oxygen atoms in total. The number of carbonyl (C=O) groups is 1. The van der Waals surface area contributed by atoms with Crippen LogP contribution >= 0.6 is 0 Å². The Hall–Kier alpha value is -4.86. The zero-order chi connectivity index (χ0) is 30.7. The molecule has 0 aromatic heterocycles. The smallest absolute Gasteiger partial charge is 0.420 e. The minimum Gasteiger partial charge on any atom is -0.493 e. The van der Waals surface area contributed by atoms with Gasteiger partial charge in [-0.2, -0.15) is 13.2 Å². The van der Waals surface area contributed by atoms with Crippen molar-refractivity contribution < 1.29 is 32.4 Å². The maximum Gasteiger partial charge on any atom is 0.420 e. The van der Waals surface area contributed by atoms with Crippen molar-refractivity contribution >= 4 is 33.5 Å². The quantitative estimate of drug-likeness (QED) is 0.185. The molecule has 4 aromatic rings. The van der Waals surface area contributed by atoms with E-state index in [1.807, 2.05) is 30.3 Å². The number of halogens is 3. The first-order chi connectivity index (χ1) is 20.4. The lowest BCUT2D eigenvalue weighted by Gasteiger charge is -2.40. The summed E-state index contributed by atoms with van der Waals surface area (Å²) in [6, 6.07) is 18.6. The Kier molecular flexibility index (Phi) is 6.67. The van der Waals surface area contributed by atoms with E-state index in [-0.39, 0.29) is 22.7 Å². The molecule has 6 rings (SSSR count). The van der Waals surface area contributed by atoms with Crippen LogP contribution in [0.3, 0.4) is 0 Å². The molecular weight excluding hydrogens is 561 g/mol. The van der Waals surface area contributed by atoms with E-state index < -0.39 is 34.1 Å². The van der Waals surface area contributed by atoms with Crippen molar-refractivity contribution in [2.24, 2.45) is 5.41 Å². The van der Waals surface area contributed by atoms with Crippen molar-refractivity contribution in [2.45, 2.75) is 38.9 Å². The van der Waals surface area contributed by atoms with Crippen molar-refractivity contribution in [3.05, 3.63) is 105 Å². The van der Waals surface area contributed by atoms with Gasteiger partial charge in [0.2, 0.25) is 0 Å². The van der Waals surface area contributed by atoms with E-state index in [2.05, 4.69) is 25.2 Å². The van der Waals surface area contributed by atoms with E-state index in [1.165, 1.54) is 13.2 Å². The highest BCUT2D eigenvalue weighted by Gasteiger charge is 2.41. The Labute approximate surface area is 245 Å². The number of hydrogen-bond donors (Lipinski definition) is 1. The fraction of sp³-hybridized carbons (Fsp3) is 0.242. The SMILES string of the molecule is COc1cc([C@@H]2Nc3ccc4ccccc4c3C3=C2C(=O)CC(C)(C)C3)ccc1Oc1ccc([N+](=O)[O-])cc1C(F)(F)F. The van der Waals surface area contributed by atoms with Gasteiger partial charge < -0.3 is 14.8 Å². The number of Topliss-reactive ketones (excluding diaryl/α,β-unsaturated/α-hetero) is 1. The molecule has 0 unspecified atom stereocenters. The minimum absolute atomic E-state index is 0.0156. The first-order valence-electron chi connectivity index (χ1n) is 13.6. The fourth-order valence-corrected chi connectivity index (χ4v) is 6.10. The van der Waals surface area contributed by atoms with Gasteiger partial charge in [-0.1, -0.05) is 50.2 Å². The summed E-state index contributed by atoms with van der Waals surface area (Å²) in [7, 11) is 1.36. The number of nitrogens with one attached hydrogen (secondary N) is 1. The van der Waals surface area contributed by atoms with Crippen LogP contribution in [0.2, 0.25) is 0 Å². The molecule has 0 saturated heterocycles. The molecule has 1 N–H and O–H groups in total. The third-order valence-electron chi connectivity index (χ3n) is 7.96. The molecule has 0 spiro atoms. The molecule has 2 aliphatic rings. The third kappa shape index (κ3) is 5.07. The summed E-state index contributed by atoms with van der Waals surface area (Å²) in [6.45, 7) is 4.16. The number of ketones is 1. The van der Waals surface area contributed by atoms with Gasteiger partial charge in [-0.15, -0.1) is 0 Å². The van der Waals surface area contributed by atoms with Crippen molar-refractivity contribution in [3.8, 4) is 17.2 Å². The van der Waals surface area contributed by atoms with Gasteiger partial charge in [-0.05, 0) is 58.0 Å². The van der Waals surface area contributed by atoms with E-state index in [4.69, 9.17) is 9.47 Å². The second kappa shape index (κ2) is 10.1. The van der Waals surface area contributed by atoms with Gasteiger partial charge in [0.05, 0.1) is 18.1 Å². The molecule has 220 valence electrons. The van der Waals surface area contributed by atoms with Gasteiger partial charge in [0, 0.05) is 35.4 Å². The van der Waals surface area contributed by atoms with Crippen molar-refractivity contribution in [1.29, 1.82) is 0 Å². The van der Waals surface area contributed by atoms with Crippen LogP contribution in [-0.4, -0.2) is 17.8 Å². The Morgan fingerprint density at radius 1 is 0.953 bits per heavy atom. The van der Waals surface area contributed by atoms with Gasteiger partial charge in [-0.25, -0.2) is 0 Å². The minimum atomic E-state index is -4.89. The number of benzene rings is 4. The average molecular weight is 589 g/mol. The average Bonchev–Trinajstić information content (AvgIpc) is 2.95. The number of allylic oxidation sites excluding steroid dienone is 1. The third-order valence-corrected chi connectivity index (χ3v) is 7.96. The molecular formula is C33H27F3N2O5. The fourth-order valence-electron chi connectivity index (χ4n) is 6.10. The lowest BCUT2D eigenvalue weighted by molar-refractivity contribution is -0.385. The number of ether oxygens (including phenoxy) is 2. The number of alkyl halides is 3. The summed E-state index contributed by atoms with van der Waals surface area (Å²) in [5.74, 6) is -0.448. The second-order valence-corrected chi connectivity index (χ2v) is 11.6. The van der Waals surface area contributed by atoms with Crippen LogP contribution in [0.1, 0.15) is 49.4 Å². The Morgan fingerprint density at radius 3 is 2.42 bits per heavy atom. The van der Waals surface area contributed by atoms with E-state index in [0.717, 1.165) is 39.7 Å². The molecule has 0 saturated carbocycles. The molecule has 1 atom stereocenters. The molecule has 10 heteroatoms. The summed E-state index contributed by atoms with van der Waals surface area (Å²) in [5, 5.41) is 16.7. The topological polar surface area (TPSA) is 90.7 Å². The van der Waals surface area contributed by atoms with Gasteiger partial charge in [0.1, 0.15) is 11.3 Å². The van der Waals surface area contributed by atoms with Gasteiger partial charge in [-0.3, -0.25) is 14.9 Å². The van der Waals surface area contributed by atoms with Gasteiger partial charge >= 0.3 is 6.18 Å². The molecule has 0 radical (unpaired) electrons. The monoisotopic (exact) mass is 588 g/mol. The van der Waals surface area contributed by atoms with Crippen molar-refractivity contribution in [1.82, 2.24) is 0 Å². The standard InChI is InChI=1S/C33H27F3N2O5/c1-32(2)16-22-29-21-7-5-4-6-18(21)8-11-24(29)37-31(30(22)25(39)17-32)19-9-12-27(28(14-19)42-3)43-26-13-10-20(38(40)41)15-23(26)33(34,35)36/h4-15,31,37H,16-17H2,1-3H3/t31-/m0/s1. The predicted molar refractivity (Wildman–Crippen MR) is 156 cm³/mol. The zero-order valence-corrected chi connectivity index (χ0v) is 23.5. The molecule has 1 heterocycles. The van der Waals surface area contributed by atoms with Gasteiger partial charge in [0.15, 0.2) is 17.3 Å². The van der Waals surface area contributed by atoms with Crippen LogP contribution in [0.25, 0.3) is 16.3 Å². The number of nitro groups is 1. The van der Waals surface area contributed by atoms with E-state index >= 15 is 0 Å². The molecule has 4 aromatic carbocycles. The number of nitrogens with zero attached hydrogens (tertiary/aromatic N) is 1. The Balaban J connectivity index is 1.44. The summed E-state index contributed by atoms with van der Waals surface area (Å²) in [5.41, 5.74) is 1.98. The van der Waals surface area contributed by atoms with Crippen molar-refractivity contribution in [3.63, 3.8) is 0 Å². The van der Waals surface area contributed by atoms with E-state index in [1.54, 1.807) is 12.1 Å². The van der Waals surface area contributed by atoms with Gasteiger partial charge in [0.25, 0.3) is 5.69 Å². The molecule has 1 aliphatic heterocycles. The van der Waals surface area contributed by atoms with Crippen LogP contribution in [0.4, 0.5) is 24.5 Å². The highest BCUT2D eigenvalue weighted by atomic mass is 19.4. The maximum atomic E-state index is 13.8. The number of anilines is 1. The highest BCUT2D eigenvalue weighted by Crippen LogP contribution is 2.52. The summed E-state index contributed by atoms with van der Waals surface area (Å²) in [4.78, 5) is 23.9. The molecule has 0 amide bonds. The largest absolute Gasteiger partial charge is 0.493 e. The first kappa shape index (κ1) is 28.3. The summed E-state index contributed by atoms with van der Waals surface area (Å²) < 4.78 is 52.5. The molecule has 1 aliphatic carbocycles. The predicted octanol–water partition coefficient (Wildman–Crippen LogP) is 8.88. The second-order valence-electron chi connectivity index (χ2n) is 11.6. The van der Waals surface area contributed by atoms with Crippen LogP contribution in [0.15, 0.2) is 78.4 Å². The van der Waals surface area contributed by atoms with Crippen molar-refractivity contribution in [2.75, 3.05) is 12.4 Å². The number of rotatable bonds is 5. The first-order valence-corrected chi connectivity index (χ1v) is 13.6. The lowest BCUT2D eigenvalue weighted by atomic mass is 9.68. The maximum absolute atomic E-state index is 13.8. The van der Waals surface area contributed by atoms with Crippen LogP contribution < -0.4 is 14.8 Å². The number of carbonyl (C=O) groups excluding carboxylic acids is 1. The number of non-ortho nitro benzene ring substituents is 1.